The van der Waals surface area contributed by atoms with Crippen LogP contribution in [0.4, 0.5) is 11.4 Å². The Balaban J connectivity index is 1.54. The van der Waals surface area contributed by atoms with Gasteiger partial charge in [0.2, 0.25) is 11.8 Å². The Morgan fingerprint density at radius 3 is 2.38 bits per heavy atom. The molecule has 0 saturated heterocycles. The van der Waals surface area contributed by atoms with Gasteiger partial charge in [0.05, 0.1) is 22.2 Å². The zero-order valence-electron chi connectivity index (χ0n) is 17.9. The predicted octanol–water partition coefficient (Wildman–Crippen LogP) is 2.86. The molecule has 0 aromatic heterocycles. The Morgan fingerprint density at radius 2 is 1.75 bits per heavy atom. The number of carbonyl (C=O) groups excluding carboxylic acids is 4. The van der Waals surface area contributed by atoms with E-state index in [0.717, 1.165) is 4.90 Å². The summed E-state index contributed by atoms with van der Waals surface area (Å²) < 4.78 is 5.84. The molecule has 2 aliphatic heterocycles. The second kappa shape index (κ2) is 7.96. The summed E-state index contributed by atoms with van der Waals surface area (Å²) in [5.74, 6) is -1.13. The molecule has 1 N–H and O–H groups in total. The standard InChI is InChI=1S/C24H23N3O5/c1-4-11-26-18-12-15(9-10-19(18)32-14-24(2,3)23(26)31)25-20(28)13-27-21(29)16-7-5-6-8-17(16)22(27)30/h4-10,12H,1,11,13-14H2,2-3H3,(H,25,28). The van der Waals surface area contributed by atoms with E-state index in [2.05, 4.69) is 11.9 Å². The maximum absolute atomic E-state index is 13.0. The number of nitrogens with one attached hydrogen (secondary N) is 1. The fourth-order valence-electron chi connectivity index (χ4n) is 3.76. The molecule has 0 atom stereocenters. The molecule has 4 amide bonds. The molecule has 0 aliphatic carbocycles. The second-order valence-electron chi connectivity index (χ2n) is 8.35. The molecule has 0 bridgehead atoms. The number of fused-ring (bicyclic) bond motifs is 2. The van der Waals surface area contributed by atoms with Crippen molar-refractivity contribution in [3.8, 4) is 5.75 Å². The minimum Gasteiger partial charge on any atom is -0.490 e. The average molecular weight is 433 g/mol. The summed E-state index contributed by atoms with van der Waals surface area (Å²) in [6.45, 7) is 7.43. The molecule has 4 rings (SSSR count). The molecule has 0 radical (unpaired) electrons. The van der Waals surface area contributed by atoms with Gasteiger partial charge in [-0.05, 0) is 44.2 Å². The van der Waals surface area contributed by atoms with Gasteiger partial charge in [0.15, 0.2) is 0 Å². The summed E-state index contributed by atoms with van der Waals surface area (Å²) in [5.41, 5.74) is 0.772. The van der Waals surface area contributed by atoms with Crippen LogP contribution in [0.25, 0.3) is 0 Å². The molecule has 2 aliphatic rings. The molecule has 8 nitrogen and oxygen atoms in total. The van der Waals surface area contributed by atoms with Gasteiger partial charge in [-0.3, -0.25) is 24.1 Å². The molecule has 2 aromatic carbocycles. The van der Waals surface area contributed by atoms with Crippen molar-refractivity contribution >= 4 is 35.0 Å². The summed E-state index contributed by atoms with van der Waals surface area (Å²) in [5, 5.41) is 2.70. The van der Waals surface area contributed by atoms with Crippen LogP contribution in [-0.4, -0.2) is 48.2 Å². The number of hydrogen-bond donors (Lipinski definition) is 1. The van der Waals surface area contributed by atoms with Gasteiger partial charge in [-0.25, -0.2) is 0 Å². The topological polar surface area (TPSA) is 96.0 Å². The first-order valence-corrected chi connectivity index (χ1v) is 10.2. The van der Waals surface area contributed by atoms with Crippen molar-refractivity contribution in [2.75, 3.05) is 29.9 Å². The van der Waals surface area contributed by atoms with Crippen LogP contribution < -0.4 is 15.0 Å². The van der Waals surface area contributed by atoms with Crippen molar-refractivity contribution in [3.05, 3.63) is 66.2 Å². The van der Waals surface area contributed by atoms with E-state index in [1.807, 2.05) is 13.8 Å². The van der Waals surface area contributed by atoms with Gasteiger partial charge in [-0.2, -0.15) is 0 Å². The fraction of sp³-hybridized carbons (Fsp3) is 0.250. The van der Waals surface area contributed by atoms with E-state index in [4.69, 9.17) is 4.74 Å². The Hall–Kier alpha value is -3.94. The average Bonchev–Trinajstić information content (AvgIpc) is 2.95. The summed E-state index contributed by atoms with van der Waals surface area (Å²) >= 11 is 0. The van der Waals surface area contributed by atoms with E-state index >= 15 is 0 Å². The molecule has 164 valence electrons. The van der Waals surface area contributed by atoms with Crippen molar-refractivity contribution in [2.45, 2.75) is 13.8 Å². The Morgan fingerprint density at radius 1 is 1.09 bits per heavy atom. The summed E-state index contributed by atoms with van der Waals surface area (Å²) in [6, 6.07) is 11.4. The van der Waals surface area contributed by atoms with Gasteiger partial charge >= 0.3 is 0 Å². The highest BCUT2D eigenvalue weighted by Crippen LogP contribution is 2.38. The Bertz CT molecular complexity index is 1120. The van der Waals surface area contributed by atoms with E-state index in [0.29, 0.717) is 17.1 Å². The number of benzene rings is 2. The lowest BCUT2D eigenvalue weighted by Crippen LogP contribution is -2.42. The van der Waals surface area contributed by atoms with E-state index < -0.39 is 29.7 Å². The van der Waals surface area contributed by atoms with E-state index in [9.17, 15) is 19.2 Å². The third-order valence-electron chi connectivity index (χ3n) is 5.44. The number of carbonyl (C=O) groups is 4. The van der Waals surface area contributed by atoms with Crippen LogP contribution in [0.2, 0.25) is 0 Å². The molecule has 0 spiro atoms. The van der Waals surface area contributed by atoms with Gasteiger partial charge in [-0.1, -0.05) is 18.2 Å². The summed E-state index contributed by atoms with van der Waals surface area (Å²) in [6.07, 6.45) is 1.62. The van der Waals surface area contributed by atoms with Crippen molar-refractivity contribution < 1.29 is 23.9 Å². The van der Waals surface area contributed by atoms with Crippen LogP contribution in [0.5, 0.6) is 5.75 Å². The summed E-state index contributed by atoms with van der Waals surface area (Å²) in [7, 11) is 0. The largest absolute Gasteiger partial charge is 0.490 e. The molecular formula is C24H23N3O5. The van der Waals surface area contributed by atoms with Crippen molar-refractivity contribution in [3.63, 3.8) is 0 Å². The highest BCUT2D eigenvalue weighted by molar-refractivity contribution is 6.22. The molecule has 32 heavy (non-hydrogen) atoms. The summed E-state index contributed by atoms with van der Waals surface area (Å²) in [4.78, 5) is 53.1. The number of nitrogens with zero attached hydrogens (tertiary/aromatic N) is 2. The maximum atomic E-state index is 13.0. The number of rotatable bonds is 5. The maximum Gasteiger partial charge on any atom is 0.262 e. The zero-order valence-corrected chi connectivity index (χ0v) is 17.9. The minimum absolute atomic E-state index is 0.120. The first-order valence-electron chi connectivity index (χ1n) is 10.2. The Kier molecular flexibility index (Phi) is 5.30. The van der Waals surface area contributed by atoms with Crippen LogP contribution in [-0.2, 0) is 9.59 Å². The molecule has 0 saturated carbocycles. The molecule has 2 heterocycles. The zero-order chi connectivity index (χ0) is 23.0. The first-order chi connectivity index (χ1) is 15.2. The van der Waals surface area contributed by atoms with Crippen LogP contribution in [0.15, 0.2) is 55.1 Å². The normalized spacial score (nSPS) is 16.8. The first kappa shape index (κ1) is 21.3. The van der Waals surface area contributed by atoms with Crippen LogP contribution in [0.1, 0.15) is 34.6 Å². The van der Waals surface area contributed by atoms with Crippen LogP contribution in [0, 0.1) is 5.41 Å². The molecule has 0 unspecified atom stereocenters. The molecule has 0 fully saturated rings. The second-order valence-corrected chi connectivity index (χ2v) is 8.35. The lowest BCUT2D eigenvalue weighted by molar-refractivity contribution is -0.127. The van der Waals surface area contributed by atoms with Crippen molar-refractivity contribution in [2.24, 2.45) is 5.41 Å². The van der Waals surface area contributed by atoms with Crippen LogP contribution in [0.3, 0.4) is 0 Å². The lowest BCUT2D eigenvalue weighted by Gasteiger charge is -2.27. The van der Waals surface area contributed by atoms with Gasteiger partial charge in [0, 0.05) is 12.2 Å². The van der Waals surface area contributed by atoms with Crippen LogP contribution >= 0.6 is 0 Å². The number of ether oxygens (including phenoxy) is 1. The van der Waals surface area contributed by atoms with Crippen molar-refractivity contribution in [1.82, 2.24) is 4.90 Å². The SMILES string of the molecule is C=CCN1C(=O)C(C)(C)COc2ccc(NC(=O)CN3C(=O)c4ccccc4C3=O)cc21. The smallest absolute Gasteiger partial charge is 0.262 e. The van der Waals surface area contributed by atoms with Crippen molar-refractivity contribution in [1.29, 1.82) is 0 Å². The quantitative estimate of drug-likeness (QED) is 0.578. The van der Waals surface area contributed by atoms with Gasteiger partial charge in [-0.15, -0.1) is 6.58 Å². The minimum atomic E-state index is -0.725. The van der Waals surface area contributed by atoms with Gasteiger partial charge < -0.3 is 15.0 Å². The number of anilines is 2. The highest BCUT2D eigenvalue weighted by atomic mass is 16.5. The molecular weight excluding hydrogens is 410 g/mol. The lowest BCUT2D eigenvalue weighted by atomic mass is 9.93. The predicted molar refractivity (Wildman–Crippen MR) is 119 cm³/mol. The van der Waals surface area contributed by atoms with E-state index in [1.165, 1.54) is 0 Å². The number of amides is 4. The fourth-order valence-corrected chi connectivity index (χ4v) is 3.76. The van der Waals surface area contributed by atoms with Gasteiger partial charge in [0.1, 0.15) is 18.9 Å². The highest BCUT2D eigenvalue weighted by Gasteiger charge is 2.38. The third-order valence-corrected chi connectivity index (χ3v) is 5.44. The molecule has 8 heteroatoms. The Labute approximate surface area is 185 Å². The van der Waals surface area contributed by atoms with E-state index in [1.54, 1.807) is 53.4 Å². The monoisotopic (exact) mass is 433 g/mol. The third kappa shape index (κ3) is 3.64. The van der Waals surface area contributed by atoms with Gasteiger partial charge in [0.25, 0.3) is 11.8 Å². The number of imide groups is 1. The number of hydrogen-bond acceptors (Lipinski definition) is 5. The molecule has 2 aromatic rings. The van der Waals surface area contributed by atoms with E-state index in [-0.39, 0.29) is 30.2 Å².